The Hall–Kier alpha value is -2.01. The SMILES string of the molecule is CNCc1cc(-c2ccc(OC)cc2OC)n[nH]1. The van der Waals surface area contributed by atoms with Crippen LogP contribution in [0.25, 0.3) is 11.3 Å². The van der Waals surface area contributed by atoms with Crippen molar-refractivity contribution in [2.45, 2.75) is 6.54 Å². The van der Waals surface area contributed by atoms with Gasteiger partial charge in [0.05, 0.1) is 19.9 Å². The van der Waals surface area contributed by atoms with Gasteiger partial charge in [-0.2, -0.15) is 5.10 Å². The smallest absolute Gasteiger partial charge is 0.132 e. The van der Waals surface area contributed by atoms with E-state index < -0.39 is 0 Å². The average Bonchev–Trinajstić information content (AvgIpc) is 2.87. The first kappa shape index (κ1) is 12.4. The summed E-state index contributed by atoms with van der Waals surface area (Å²) in [5, 5.41) is 10.3. The van der Waals surface area contributed by atoms with E-state index >= 15 is 0 Å². The lowest BCUT2D eigenvalue weighted by Crippen LogP contribution is -2.04. The minimum Gasteiger partial charge on any atom is -0.497 e. The molecule has 1 aromatic heterocycles. The number of H-pyrrole nitrogens is 1. The number of hydrogen-bond acceptors (Lipinski definition) is 4. The van der Waals surface area contributed by atoms with Gasteiger partial charge in [-0.05, 0) is 25.2 Å². The van der Waals surface area contributed by atoms with Crippen molar-refractivity contribution in [3.63, 3.8) is 0 Å². The molecule has 5 nitrogen and oxygen atoms in total. The lowest BCUT2D eigenvalue weighted by atomic mass is 10.1. The fourth-order valence-electron chi connectivity index (χ4n) is 1.79. The van der Waals surface area contributed by atoms with E-state index in [4.69, 9.17) is 9.47 Å². The molecular weight excluding hydrogens is 230 g/mol. The van der Waals surface area contributed by atoms with Crippen LogP contribution in [0.3, 0.4) is 0 Å². The maximum absolute atomic E-state index is 5.36. The molecule has 1 aromatic carbocycles. The van der Waals surface area contributed by atoms with E-state index in [1.165, 1.54) is 0 Å². The number of ether oxygens (including phenoxy) is 2. The molecule has 2 aromatic rings. The zero-order valence-electron chi connectivity index (χ0n) is 10.8. The Morgan fingerprint density at radius 3 is 2.72 bits per heavy atom. The molecule has 0 aliphatic carbocycles. The van der Waals surface area contributed by atoms with Crippen molar-refractivity contribution >= 4 is 0 Å². The highest BCUT2D eigenvalue weighted by molar-refractivity contribution is 5.68. The quantitative estimate of drug-likeness (QED) is 0.846. The van der Waals surface area contributed by atoms with Gasteiger partial charge in [0.25, 0.3) is 0 Å². The third-order valence-corrected chi connectivity index (χ3v) is 2.68. The van der Waals surface area contributed by atoms with Crippen LogP contribution in [-0.4, -0.2) is 31.5 Å². The zero-order chi connectivity index (χ0) is 13.0. The molecule has 0 amide bonds. The van der Waals surface area contributed by atoms with E-state index in [1.807, 2.05) is 31.3 Å². The Morgan fingerprint density at radius 2 is 2.06 bits per heavy atom. The van der Waals surface area contributed by atoms with E-state index in [2.05, 4.69) is 15.5 Å². The predicted octanol–water partition coefficient (Wildman–Crippen LogP) is 1.81. The largest absolute Gasteiger partial charge is 0.497 e. The Balaban J connectivity index is 2.36. The van der Waals surface area contributed by atoms with Crippen LogP contribution in [-0.2, 0) is 6.54 Å². The molecule has 0 saturated heterocycles. The number of aromatic nitrogens is 2. The number of rotatable bonds is 5. The molecule has 0 spiro atoms. The highest BCUT2D eigenvalue weighted by Crippen LogP contribution is 2.32. The topological polar surface area (TPSA) is 59.2 Å². The monoisotopic (exact) mass is 247 g/mol. The van der Waals surface area contributed by atoms with Gasteiger partial charge in [0, 0.05) is 23.9 Å². The maximum atomic E-state index is 5.36. The standard InChI is InChI=1S/C13H17N3O2/c1-14-8-9-6-12(16-15-9)11-5-4-10(17-2)7-13(11)18-3/h4-7,14H,8H2,1-3H3,(H,15,16). The first-order valence-corrected chi connectivity index (χ1v) is 5.69. The van der Waals surface area contributed by atoms with Crippen LogP contribution in [0.1, 0.15) is 5.69 Å². The third-order valence-electron chi connectivity index (χ3n) is 2.68. The van der Waals surface area contributed by atoms with Crippen molar-refractivity contribution in [3.05, 3.63) is 30.0 Å². The van der Waals surface area contributed by atoms with Crippen molar-refractivity contribution in [1.29, 1.82) is 0 Å². The van der Waals surface area contributed by atoms with Crippen LogP contribution in [0.15, 0.2) is 24.3 Å². The summed E-state index contributed by atoms with van der Waals surface area (Å²) in [6.45, 7) is 0.755. The van der Waals surface area contributed by atoms with Gasteiger partial charge in [0.1, 0.15) is 11.5 Å². The second-order valence-electron chi connectivity index (χ2n) is 3.87. The molecule has 5 heteroatoms. The summed E-state index contributed by atoms with van der Waals surface area (Å²) in [5.41, 5.74) is 2.84. The predicted molar refractivity (Wildman–Crippen MR) is 69.9 cm³/mol. The van der Waals surface area contributed by atoms with Crippen LogP contribution < -0.4 is 14.8 Å². The van der Waals surface area contributed by atoms with Gasteiger partial charge in [-0.1, -0.05) is 0 Å². The number of methoxy groups -OCH3 is 2. The fraction of sp³-hybridized carbons (Fsp3) is 0.308. The molecule has 0 fully saturated rings. The molecule has 2 N–H and O–H groups in total. The molecule has 18 heavy (non-hydrogen) atoms. The second kappa shape index (κ2) is 5.55. The number of hydrogen-bond donors (Lipinski definition) is 2. The highest BCUT2D eigenvalue weighted by atomic mass is 16.5. The molecule has 0 unspecified atom stereocenters. The minimum atomic E-state index is 0.747. The molecule has 2 rings (SSSR count). The number of nitrogens with one attached hydrogen (secondary N) is 2. The Kier molecular flexibility index (Phi) is 3.84. The summed E-state index contributed by atoms with van der Waals surface area (Å²) in [6.07, 6.45) is 0. The molecular formula is C13H17N3O2. The van der Waals surface area contributed by atoms with Gasteiger partial charge >= 0.3 is 0 Å². The minimum absolute atomic E-state index is 0.747. The first-order valence-electron chi connectivity index (χ1n) is 5.69. The van der Waals surface area contributed by atoms with Gasteiger partial charge in [-0.3, -0.25) is 5.10 Å². The summed E-state index contributed by atoms with van der Waals surface area (Å²) >= 11 is 0. The van der Waals surface area contributed by atoms with Crippen molar-refractivity contribution in [2.24, 2.45) is 0 Å². The molecule has 0 radical (unpaired) electrons. The normalized spacial score (nSPS) is 10.4. The van der Waals surface area contributed by atoms with Gasteiger partial charge in [0.2, 0.25) is 0 Å². The maximum Gasteiger partial charge on any atom is 0.132 e. The third kappa shape index (κ3) is 2.46. The zero-order valence-corrected chi connectivity index (χ0v) is 10.8. The number of nitrogens with zero attached hydrogens (tertiary/aromatic N) is 1. The lowest BCUT2D eigenvalue weighted by Gasteiger charge is -2.08. The second-order valence-corrected chi connectivity index (χ2v) is 3.87. The van der Waals surface area contributed by atoms with Gasteiger partial charge in [0.15, 0.2) is 0 Å². The van der Waals surface area contributed by atoms with E-state index in [0.717, 1.165) is 35.0 Å². The molecule has 0 atom stereocenters. The molecule has 0 bridgehead atoms. The van der Waals surface area contributed by atoms with E-state index in [9.17, 15) is 0 Å². The Labute approximate surface area is 106 Å². The van der Waals surface area contributed by atoms with E-state index in [0.29, 0.717) is 0 Å². The van der Waals surface area contributed by atoms with Crippen molar-refractivity contribution in [2.75, 3.05) is 21.3 Å². The summed E-state index contributed by atoms with van der Waals surface area (Å²) in [7, 11) is 5.17. The fourth-order valence-corrected chi connectivity index (χ4v) is 1.79. The van der Waals surface area contributed by atoms with Gasteiger partial charge in [-0.15, -0.1) is 0 Å². The van der Waals surface area contributed by atoms with Crippen molar-refractivity contribution < 1.29 is 9.47 Å². The van der Waals surface area contributed by atoms with Crippen molar-refractivity contribution in [3.8, 4) is 22.8 Å². The lowest BCUT2D eigenvalue weighted by molar-refractivity contribution is 0.395. The van der Waals surface area contributed by atoms with Crippen molar-refractivity contribution in [1.82, 2.24) is 15.5 Å². The van der Waals surface area contributed by atoms with Crippen LogP contribution in [0.4, 0.5) is 0 Å². The number of aromatic amines is 1. The van der Waals surface area contributed by atoms with Gasteiger partial charge in [-0.25, -0.2) is 0 Å². The van der Waals surface area contributed by atoms with Crippen LogP contribution >= 0.6 is 0 Å². The molecule has 1 heterocycles. The molecule has 96 valence electrons. The number of benzene rings is 1. The Morgan fingerprint density at radius 1 is 1.22 bits per heavy atom. The summed E-state index contributed by atoms with van der Waals surface area (Å²) in [4.78, 5) is 0. The highest BCUT2D eigenvalue weighted by Gasteiger charge is 2.10. The van der Waals surface area contributed by atoms with Crippen LogP contribution in [0.5, 0.6) is 11.5 Å². The van der Waals surface area contributed by atoms with E-state index in [1.54, 1.807) is 14.2 Å². The molecule has 0 aliphatic rings. The average molecular weight is 247 g/mol. The van der Waals surface area contributed by atoms with E-state index in [-0.39, 0.29) is 0 Å². The molecule has 0 saturated carbocycles. The Bertz CT molecular complexity index is 523. The summed E-state index contributed by atoms with van der Waals surface area (Å²) < 4.78 is 10.5. The summed E-state index contributed by atoms with van der Waals surface area (Å²) in [5.74, 6) is 1.51. The van der Waals surface area contributed by atoms with Gasteiger partial charge < -0.3 is 14.8 Å². The first-order chi connectivity index (χ1) is 8.78. The van der Waals surface area contributed by atoms with Crippen LogP contribution in [0.2, 0.25) is 0 Å². The summed E-state index contributed by atoms with van der Waals surface area (Å²) in [6, 6.07) is 7.68. The van der Waals surface area contributed by atoms with Crippen LogP contribution in [0, 0.1) is 0 Å². The molecule has 0 aliphatic heterocycles.